The molecular weight excluding hydrogens is 348 g/mol. The predicted octanol–water partition coefficient (Wildman–Crippen LogP) is 2.01. The SMILES string of the molecule is COc1ccc(Cl)cc1C(=O)NNC(=O)COC(=O)[C@@H]1CC=CCC1. The van der Waals surface area contributed by atoms with Crippen LogP contribution in [0.5, 0.6) is 5.75 Å². The van der Waals surface area contributed by atoms with Crippen LogP contribution < -0.4 is 15.6 Å². The van der Waals surface area contributed by atoms with E-state index in [1.807, 2.05) is 12.2 Å². The molecule has 0 unspecified atom stereocenters. The van der Waals surface area contributed by atoms with Crippen molar-refractivity contribution < 1.29 is 23.9 Å². The first-order valence-electron chi connectivity index (χ1n) is 7.75. The Hall–Kier alpha value is -2.54. The molecule has 134 valence electrons. The van der Waals surface area contributed by atoms with Crippen molar-refractivity contribution in [3.05, 3.63) is 40.9 Å². The van der Waals surface area contributed by atoms with Crippen LogP contribution in [0.2, 0.25) is 5.02 Å². The van der Waals surface area contributed by atoms with Crippen molar-refractivity contribution in [2.75, 3.05) is 13.7 Å². The van der Waals surface area contributed by atoms with Crippen LogP contribution in [-0.2, 0) is 14.3 Å². The quantitative estimate of drug-likeness (QED) is 0.472. The molecule has 1 aliphatic carbocycles. The summed E-state index contributed by atoms with van der Waals surface area (Å²) in [6, 6.07) is 4.54. The third-order valence-corrected chi connectivity index (χ3v) is 3.90. The van der Waals surface area contributed by atoms with Crippen LogP contribution >= 0.6 is 11.6 Å². The Morgan fingerprint density at radius 2 is 2.04 bits per heavy atom. The largest absolute Gasteiger partial charge is 0.496 e. The summed E-state index contributed by atoms with van der Waals surface area (Å²) in [4.78, 5) is 35.6. The fourth-order valence-corrected chi connectivity index (χ4v) is 2.52. The van der Waals surface area contributed by atoms with E-state index in [4.69, 9.17) is 21.1 Å². The molecule has 0 saturated carbocycles. The zero-order valence-corrected chi connectivity index (χ0v) is 14.5. The van der Waals surface area contributed by atoms with Gasteiger partial charge in [-0.3, -0.25) is 25.2 Å². The van der Waals surface area contributed by atoms with E-state index in [9.17, 15) is 14.4 Å². The number of carbonyl (C=O) groups is 3. The molecule has 1 aliphatic rings. The Morgan fingerprint density at radius 3 is 2.72 bits per heavy atom. The van der Waals surface area contributed by atoms with Gasteiger partial charge in [-0.05, 0) is 37.5 Å². The molecule has 0 spiro atoms. The van der Waals surface area contributed by atoms with E-state index in [2.05, 4.69) is 10.9 Å². The van der Waals surface area contributed by atoms with Gasteiger partial charge in [-0.2, -0.15) is 0 Å². The number of benzene rings is 1. The number of rotatable bonds is 5. The second kappa shape index (κ2) is 9.08. The number of amides is 2. The van der Waals surface area contributed by atoms with Crippen molar-refractivity contribution in [2.45, 2.75) is 19.3 Å². The number of allylic oxidation sites excluding steroid dienone is 2. The molecule has 8 heteroatoms. The van der Waals surface area contributed by atoms with Crippen molar-refractivity contribution in [3.63, 3.8) is 0 Å². The van der Waals surface area contributed by atoms with E-state index in [-0.39, 0.29) is 11.5 Å². The topological polar surface area (TPSA) is 93.7 Å². The maximum absolute atomic E-state index is 12.1. The first-order valence-corrected chi connectivity index (χ1v) is 8.13. The van der Waals surface area contributed by atoms with Crippen molar-refractivity contribution >= 4 is 29.4 Å². The molecule has 1 aromatic carbocycles. The molecule has 7 nitrogen and oxygen atoms in total. The normalized spacial score (nSPS) is 16.0. The maximum atomic E-state index is 12.1. The van der Waals surface area contributed by atoms with Gasteiger partial charge in [-0.1, -0.05) is 23.8 Å². The summed E-state index contributed by atoms with van der Waals surface area (Å²) < 4.78 is 10.0. The minimum absolute atomic E-state index is 0.168. The Morgan fingerprint density at radius 1 is 1.24 bits per heavy atom. The van der Waals surface area contributed by atoms with Gasteiger partial charge in [0.05, 0.1) is 18.6 Å². The molecule has 0 aliphatic heterocycles. The molecule has 0 saturated heterocycles. The summed E-state index contributed by atoms with van der Waals surface area (Å²) in [6.07, 6.45) is 6.09. The minimum atomic E-state index is -0.644. The second-order valence-corrected chi connectivity index (χ2v) is 5.87. The molecule has 0 aromatic heterocycles. The maximum Gasteiger partial charge on any atom is 0.309 e. The second-order valence-electron chi connectivity index (χ2n) is 5.44. The molecule has 2 amide bonds. The van der Waals surface area contributed by atoms with E-state index in [1.54, 1.807) is 12.1 Å². The summed E-state index contributed by atoms with van der Waals surface area (Å²) in [5.74, 6) is -1.57. The van der Waals surface area contributed by atoms with Gasteiger partial charge in [0, 0.05) is 5.02 Å². The number of halogens is 1. The Bertz CT molecular complexity index is 690. The van der Waals surface area contributed by atoms with E-state index < -0.39 is 24.4 Å². The van der Waals surface area contributed by atoms with E-state index in [0.717, 1.165) is 6.42 Å². The average molecular weight is 367 g/mol. The highest BCUT2D eigenvalue weighted by Gasteiger charge is 2.21. The Balaban J connectivity index is 1.79. The summed E-state index contributed by atoms with van der Waals surface area (Å²) in [6.45, 7) is -0.466. The summed E-state index contributed by atoms with van der Waals surface area (Å²) in [7, 11) is 1.42. The van der Waals surface area contributed by atoms with Crippen LogP contribution in [0.3, 0.4) is 0 Å². The van der Waals surface area contributed by atoms with Gasteiger partial charge in [-0.15, -0.1) is 0 Å². The Labute approximate surface area is 150 Å². The molecular formula is C17H19ClN2O5. The number of nitrogens with one attached hydrogen (secondary N) is 2. The summed E-state index contributed by atoms with van der Waals surface area (Å²) in [5, 5.41) is 0.354. The highest BCUT2D eigenvalue weighted by molar-refractivity contribution is 6.31. The zero-order chi connectivity index (χ0) is 18.2. The molecule has 0 radical (unpaired) electrons. The van der Waals surface area contributed by atoms with Crippen molar-refractivity contribution in [1.29, 1.82) is 0 Å². The van der Waals surface area contributed by atoms with Gasteiger partial charge in [-0.25, -0.2) is 0 Å². The van der Waals surface area contributed by atoms with Crippen molar-refractivity contribution in [3.8, 4) is 5.75 Å². The van der Waals surface area contributed by atoms with Crippen LogP contribution in [-0.4, -0.2) is 31.5 Å². The number of methoxy groups -OCH3 is 1. The number of hydrogen-bond donors (Lipinski definition) is 2. The van der Waals surface area contributed by atoms with Crippen molar-refractivity contribution in [1.82, 2.24) is 10.9 Å². The summed E-state index contributed by atoms with van der Waals surface area (Å²) >= 11 is 5.85. The van der Waals surface area contributed by atoms with E-state index in [0.29, 0.717) is 23.6 Å². The lowest BCUT2D eigenvalue weighted by Crippen LogP contribution is -2.44. The number of ether oxygens (including phenoxy) is 2. The van der Waals surface area contributed by atoms with Gasteiger partial charge in [0.2, 0.25) is 0 Å². The number of carbonyl (C=O) groups excluding carboxylic acids is 3. The van der Waals surface area contributed by atoms with Crippen LogP contribution in [0.25, 0.3) is 0 Å². The van der Waals surface area contributed by atoms with Gasteiger partial charge in [0.15, 0.2) is 6.61 Å². The monoisotopic (exact) mass is 366 g/mol. The van der Waals surface area contributed by atoms with Crippen molar-refractivity contribution in [2.24, 2.45) is 5.92 Å². The highest BCUT2D eigenvalue weighted by atomic mass is 35.5. The molecule has 25 heavy (non-hydrogen) atoms. The fourth-order valence-electron chi connectivity index (χ4n) is 2.35. The lowest BCUT2D eigenvalue weighted by atomic mass is 9.95. The third kappa shape index (κ3) is 5.49. The van der Waals surface area contributed by atoms with Crippen LogP contribution in [0.1, 0.15) is 29.6 Å². The fraction of sp³-hybridized carbons (Fsp3) is 0.353. The first-order chi connectivity index (χ1) is 12.0. The average Bonchev–Trinajstić information content (AvgIpc) is 2.64. The Kier molecular flexibility index (Phi) is 6.82. The zero-order valence-electron chi connectivity index (χ0n) is 13.7. The number of hydrazine groups is 1. The molecule has 0 bridgehead atoms. The standard InChI is InChI=1S/C17H19ClN2O5/c1-24-14-8-7-12(18)9-13(14)16(22)20-19-15(21)10-25-17(23)11-5-3-2-4-6-11/h2-3,7-9,11H,4-6,10H2,1H3,(H,19,21)(H,20,22)/t11-/m1/s1. The molecule has 2 rings (SSSR count). The van der Waals surface area contributed by atoms with Crippen LogP contribution in [0.4, 0.5) is 0 Å². The summed E-state index contributed by atoms with van der Waals surface area (Å²) in [5.41, 5.74) is 4.57. The van der Waals surface area contributed by atoms with Gasteiger partial charge in [0.1, 0.15) is 5.75 Å². The van der Waals surface area contributed by atoms with Gasteiger partial charge in [0.25, 0.3) is 11.8 Å². The molecule has 0 heterocycles. The van der Waals surface area contributed by atoms with Gasteiger partial charge >= 0.3 is 5.97 Å². The molecule has 0 fully saturated rings. The number of hydrogen-bond acceptors (Lipinski definition) is 5. The molecule has 1 atom stereocenters. The van der Waals surface area contributed by atoms with Gasteiger partial charge < -0.3 is 9.47 Å². The van der Waals surface area contributed by atoms with Crippen LogP contribution in [0, 0.1) is 5.92 Å². The first kappa shape index (κ1) is 18.8. The van der Waals surface area contributed by atoms with E-state index >= 15 is 0 Å². The molecule has 2 N–H and O–H groups in total. The molecule has 1 aromatic rings. The van der Waals surface area contributed by atoms with Crippen LogP contribution in [0.15, 0.2) is 30.4 Å². The lowest BCUT2D eigenvalue weighted by molar-refractivity contribution is -0.153. The highest BCUT2D eigenvalue weighted by Crippen LogP contribution is 2.22. The predicted molar refractivity (Wildman–Crippen MR) is 91.1 cm³/mol. The minimum Gasteiger partial charge on any atom is -0.496 e. The third-order valence-electron chi connectivity index (χ3n) is 3.67. The van der Waals surface area contributed by atoms with E-state index in [1.165, 1.54) is 13.2 Å². The number of esters is 1. The lowest BCUT2D eigenvalue weighted by Gasteiger charge is -2.16. The smallest absolute Gasteiger partial charge is 0.309 e.